The van der Waals surface area contributed by atoms with Gasteiger partial charge in [0.2, 0.25) is 5.91 Å². The van der Waals surface area contributed by atoms with Gasteiger partial charge in [0, 0.05) is 18.4 Å². The van der Waals surface area contributed by atoms with Crippen molar-refractivity contribution in [1.29, 1.82) is 0 Å². The van der Waals surface area contributed by atoms with E-state index in [4.69, 9.17) is 0 Å². The molecule has 0 radical (unpaired) electrons. The van der Waals surface area contributed by atoms with Crippen LogP contribution in [0, 0.1) is 5.92 Å². The number of aromatic nitrogens is 2. The summed E-state index contributed by atoms with van der Waals surface area (Å²) >= 11 is 0. The van der Waals surface area contributed by atoms with Gasteiger partial charge >= 0.3 is 0 Å². The van der Waals surface area contributed by atoms with Gasteiger partial charge in [-0.1, -0.05) is 0 Å². The number of carbonyl (C=O) groups is 1. The molecule has 4 nitrogen and oxygen atoms in total. The van der Waals surface area contributed by atoms with Gasteiger partial charge in [0.15, 0.2) is 5.82 Å². The Morgan fingerprint density at radius 2 is 2.11 bits per heavy atom. The lowest BCUT2D eigenvalue weighted by Gasteiger charge is -2.25. The molecule has 1 saturated carbocycles. The van der Waals surface area contributed by atoms with Crippen LogP contribution in [0.15, 0.2) is 0 Å². The summed E-state index contributed by atoms with van der Waals surface area (Å²) in [5, 5.41) is 6.81. The van der Waals surface area contributed by atoms with E-state index >= 15 is 0 Å². The van der Waals surface area contributed by atoms with E-state index in [2.05, 4.69) is 10.4 Å². The van der Waals surface area contributed by atoms with E-state index in [0.29, 0.717) is 17.8 Å². The maximum atomic E-state index is 14.3. The molecule has 0 bridgehead atoms. The standard InChI is InChI=1S/C13H17F2N3O/c1-6(19)16-11-9-7-5-8(7)13(14,15)10(9)18(17-11)12(2,3)4/h7-8H,5H2,1-4H3,(H,16,17,19)/t7-,8?/m0/s1. The van der Waals surface area contributed by atoms with E-state index in [-0.39, 0.29) is 17.5 Å². The highest BCUT2D eigenvalue weighted by Gasteiger charge is 2.67. The molecule has 0 spiro atoms. The van der Waals surface area contributed by atoms with Crippen molar-refractivity contribution in [2.45, 2.75) is 51.5 Å². The summed E-state index contributed by atoms with van der Waals surface area (Å²) in [6.45, 7) is 6.85. The first-order valence-corrected chi connectivity index (χ1v) is 6.43. The molecule has 1 aromatic rings. The minimum Gasteiger partial charge on any atom is -0.309 e. The fraction of sp³-hybridized carbons (Fsp3) is 0.692. The van der Waals surface area contributed by atoms with Crippen LogP contribution in [-0.2, 0) is 16.3 Å². The molecule has 2 atom stereocenters. The summed E-state index contributed by atoms with van der Waals surface area (Å²) in [7, 11) is 0. The van der Waals surface area contributed by atoms with Gasteiger partial charge in [-0.05, 0) is 33.1 Å². The molecular formula is C13H17F2N3O. The molecule has 0 saturated heterocycles. The normalized spacial score (nSPS) is 26.8. The van der Waals surface area contributed by atoms with Crippen LogP contribution >= 0.6 is 0 Å². The number of hydrogen-bond acceptors (Lipinski definition) is 2. The third kappa shape index (κ3) is 1.61. The topological polar surface area (TPSA) is 46.9 Å². The van der Waals surface area contributed by atoms with Crippen LogP contribution in [0.3, 0.4) is 0 Å². The number of alkyl halides is 2. The number of rotatable bonds is 1. The summed E-state index contributed by atoms with van der Waals surface area (Å²) < 4.78 is 30.1. The molecule has 0 aromatic carbocycles. The summed E-state index contributed by atoms with van der Waals surface area (Å²) in [5.41, 5.74) is -0.00814. The highest BCUT2D eigenvalue weighted by atomic mass is 19.3. The van der Waals surface area contributed by atoms with Crippen LogP contribution in [0.5, 0.6) is 0 Å². The monoisotopic (exact) mass is 269 g/mol. The van der Waals surface area contributed by atoms with E-state index < -0.39 is 17.4 Å². The predicted octanol–water partition coefficient (Wildman–Crippen LogP) is 2.81. The molecule has 2 aliphatic carbocycles. The van der Waals surface area contributed by atoms with Crippen molar-refractivity contribution in [2.24, 2.45) is 5.92 Å². The molecule has 1 aromatic heterocycles. The maximum absolute atomic E-state index is 14.3. The number of nitrogens with one attached hydrogen (secondary N) is 1. The average molecular weight is 269 g/mol. The van der Waals surface area contributed by atoms with Gasteiger partial charge in [-0.25, -0.2) is 0 Å². The molecule has 19 heavy (non-hydrogen) atoms. The molecule has 1 unspecified atom stereocenters. The second kappa shape index (κ2) is 3.35. The lowest BCUT2D eigenvalue weighted by Crippen LogP contribution is -2.30. The second-order valence-corrected chi connectivity index (χ2v) is 6.45. The van der Waals surface area contributed by atoms with Crippen LogP contribution in [0.1, 0.15) is 51.3 Å². The Labute approximate surface area is 110 Å². The zero-order valence-corrected chi connectivity index (χ0v) is 11.4. The molecule has 1 N–H and O–H groups in total. The van der Waals surface area contributed by atoms with Gasteiger partial charge in [-0.3, -0.25) is 9.48 Å². The minimum atomic E-state index is -2.84. The first-order chi connectivity index (χ1) is 8.64. The fourth-order valence-electron chi connectivity index (χ4n) is 2.94. The molecule has 1 fully saturated rings. The van der Waals surface area contributed by atoms with Crippen LogP contribution in [0.25, 0.3) is 0 Å². The quantitative estimate of drug-likeness (QED) is 0.852. The second-order valence-electron chi connectivity index (χ2n) is 6.45. The number of halogens is 2. The Kier molecular flexibility index (Phi) is 2.21. The molecule has 1 heterocycles. The first kappa shape index (κ1) is 12.6. The highest BCUT2D eigenvalue weighted by molar-refractivity contribution is 5.89. The minimum absolute atomic E-state index is 0.00926. The number of carbonyl (C=O) groups excluding carboxylic acids is 1. The largest absolute Gasteiger partial charge is 0.309 e. The molecule has 2 aliphatic rings. The van der Waals surface area contributed by atoms with Gasteiger partial charge in [-0.15, -0.1) is 0 Å². The van der Waals surface area contributed by atoms with Crippen LogP contribution in [0.2, 0.25) is 0 Å². The van der Waals surface area contributed by atoms with Crippen molar-refractivity contribution in [3.63, 3.8) is 0 Å². The number of hydrogen-bond donors (Lipinski definition) is 1. The zero-order chi connectivity index (χ0) is 14.2. The smallest absolute Gasteiger partial charge is 0.293 e. The summed E-state index contributed by atoms with van der Waals surface area (Å²) in [6, 6.07) is 0. The molecular weight excluding hydrogens is 252 g/mol. The Morgan fingerprint density at radius 3 is 2.63 bits per heavy atom. The van der Waals surface area contributed by atoms with E-state index in [9.17, 15) is 13.6 Å². The summed E-state index contributed by atoms with van der Waals surface area (Å²) in [4.78, 5) is 11.2. The van der Waals surface area contributed by atoms with E-state index in [1.807, 2.05) is 20.8 Å². The van der Waals surface area contributed by atoms with E-state index in [1.54, 1.807) is 0 Å². The van der Waals surface area contributed by atoms with E-state index in [0.717, 1.165) is 0 Å². The third-order valence-corrected chi connectivity index (χ3v) is 3.79. The lowest BCUT2D eigenvalue weighted by molar-refractivity contribution is -0.114. The number of amides is 1. The van der Waals surface area contributed by atoms with Crippen LogP contribution in [0.4, 0.5) is 14.6 Å². The Balaban J connectivity index is 2.19. The zero-order valence-electron chi connectivity index (χ0n) is 11.4. The van der Waals surface area contributed by atoms with Gasteiger partial charge in [0.05, 0.1) is 5.54 Å². The SMILES string of the molecule is CC(=O)Nc1nn(C(C)(C)C)c2c1[C@H]1CC1C2(F)F. The predicted molar refractivity (Wildman–Crippen MR) is 66.3 cm³/mol. The lowest BCUT2D eigenvalue weighted by atomic mass is 10.1. The number of fused-ring (bicyclic) bond motifs is 3. The third-order valence-electron chi connectivity index (χ3n) is 3.79. The van der Waals surface area contributed by atoms with Gasteiger partial charge in [-0.2, -0.15) is 13.9 Å². The van der Waals surface area contributed by atoms with Crippen molar-refractivity contribution < 1.29 is 13.6 Å². The molecule has 0 aliphatic heterocycles. The van der Waals surface area contributed by atoms with Gasteiger partial charge < -0.3 is 5.32 Å². The Bertz CT molecular complexity index is 571. The van der Waals surface area contributed by atoms with Crippen molar-refractivity contribution in [1.82, 2.24) is 9.78 Å². The summed E-state index contributed by atoms with van der Waals surface area (Å²) in [5.74, 6) is -3.57. The van der Waals surface area contributed by atoms with Gasteiger partial charge in [0.25, 0.3) is 5.92 Å². The maximum Gasteiger partial charge on any atom is 0.293 e. The molecule has 6 heteroatoms. The van der Waals surface area contributed by atoms with E-state index in [1.165, 1.54) is 11.6 Å². The number of nitrogens with zero attached hydrogens (tertiary/aromatic N) is 2. The molecule has 104 valence electrons. The van der Waals surface area contributed by atoms with Crippen molar-refractivity contribution in [3.05, 3.63) is 11.3 Å². The van der Waals surface area contributed by atoms with Crippen LogP contribution < -0.4 is 5.32 Å². The average Bonchev–Trinajstić information content (AvgIpc) is 2.87. The van der Waals surface area contributed by atoms with Gasteiger partial charge in [0.1, 0.15) is 5.69 Å². The van der Waals surface area contributed by atoms with Crippen molar-refractivity contribution in [3.8, 4) is 0 Å². The molecule has 1 amide bonds. The Morgan fingerprint density at radius 1 is 1.47 bits per heavy atom. The Hall–Kier alpha value is -1.46. The van der Waals surface area contributed by atoms with Crippen molar-refractivity contribution >= 4 is 11.7 Å². The fourth-order valence-corrected chi connectivity index (χ4v) is 2.94. The highest BCUT2D eigenvalue weighted by Crippen LogP contribution is 2.68. The van der Waals surface area contributed by atoms with Crippen LogP contribution in [-0.4, -0.2) is 15.7 Å². The first-order valence-electron chi connectivity index (χ1n) is 6.43. The number of anilines is 1. The van der Waals surface area contributed by atoms with Crippen molar-refractivity contribution in [2.75, 3.05) is 5.32 Å². The summed E-state index contributed by atoms with van der Waals surface area (Å²) in [6.07, 6.45) is 0.489. The molecule has 3 rings (SSSR count).